The molecule has 0 saturated carbocycles. The van der Waals surface area contributed by atoms with Crippen LogP contribution in [-0.2, 0) is 11.2 Å². The van der Waals surface area contributed by atoms with Crippen LogP contribution in [0.1, 0.15) is 30.5 Å². The van der Waals surface area contributed by atoms with Crippen LogP contribution in [0.3, 0.4) is 0 Å². The number of amides is 3. The van der Waals surface area contributed by atoms with E-state index < -0.39 is 0 Å². The minimum atomic E-state index is -0.292. The predicted molar refractivity (Wildman–Crippen MR) is 82.5 cm³/mol. The number of urea groups is 1. The van der Waals surface area contributed by atoms with E-state index in [1.54, 1.807) is 6.20 Å². The summed E-state index contributed by atoms with van der Waals surface area (Å²) in [6.07, 6.45) is 4.36. The quantitative estimate of drug-likeness (QED) is 0.699. The van der Waals surface area contributed by atoms with Gasteiger partial charge in [-0.3, -0.25) is 9.89 Å². The molecule has 1 atom stereocenters. The molecule has 0 fully saturated rings. The van der Waals surface area contributed by atoms with Crippen molar-refractivity contribution in [1.82, 2.24) is 15.5 Å². The Hall–Kier alpha value is -2.83. The molecule has 2 heterocycles. The number of hydrogen-bond acceptors (Lipinski definition) is 3. The fourth-order valence-corrected chi connectivity index (χ4v) is 2.44. The highest BCUT2D eigenvalue weighted by Crippen LogP contribution is 2.26. The summed E-state index contributed by atoms with van der Waals surface area (Å²) in [5.74, 6) is 0.0471. The Morgan fingerprint density at radius 2 is 2.23 bits per heavy atom. The molecule has 2 aromatic rings. The van der Waals surface area contributed by atoms with E-state index in [1.165, 1.54) is 6.20 Å². The van der Waals surface area contributed by atoms with Crippen molar-refractivity contribution in [2.45, 2.75) is 25.8 Å². The first-order valence-corrected chi connectivity index (χ1v) is 7.11. The maximum absolute atomic E-state index is 11.9. The molecule has 0 aliphatic carbocycles. The van der Waals surface area contributed by atoms with Crippen LogP contribution < -0.4 is 16.0 Å². The number of carbonyl (C=O) groups excluding carboxylic acids is 2. The van der Waals surface area contributed by atoms with Crippen molar-refractivity contribution in [3.05, 3.63) is 41.7 Å². The van der Waals surface area contributed by atoms with Crippen molar-refractivity contribution in [2.75, 3.05) is 10.6 Å². The van der Waals surface area contributed by atoms with Crippen LogP contribution >= 0.6 is 0 Å². The van der Waals surface area contributed by atoms with Crippen LogP contribution in [0.2, 0.25) is 0 Å². The minimum absolute atomic E-state index is 0.0471. The van der Waals surface area contributed by atoms with Crippen LogP contribution in [0.25, 0.3) is 0 Å². The van der Waals surface area contributed by atoms with Gasteiger partial charge >= 0.3 is 6.03 Å². The van der Waals surface area contributed by atoms with Gasteiger partial charge < -0.3 is 16.0 Å². The second-order valence-electron chi connectivity index (χ2n) is 5.27. The van der Waals surface area contributed by atoms with Crippen LogP contribution in [0.15, 0.2) is 30.6 Å². The van der Waals surface area contributed by atoms with Crippen molar-refractivity contribution in [3.63, 3.8) is 0 Å². The third-order valence-corrected chi connectivity index (χ3v) is 3.63. The monoisotopic (exact) mass is 299 g/mol. The van der Waals surface area contributed by atoms with Crippen LogP contribution in [-0.4, -0.2) is 22.1 Å². The first-order valence-electron chi connectivity index (χ1n) is 7.11. The zero-order valence-corrected chi connectivity index (χ0v) is 12.1. The summed E-state index contributed by atoms with van der Waals surface area (Å²) in [5.41, 5.74) is 3.56. The third-order valence-electron chi connectivity index (χ3n) is 3.63. The molecule has 1 aromatic heterocycles. The van der Waals surface area contributed by atoms with E-state index in [1.807, 2.05) is 25.1 Å². The number of nitrogens with one attached hydrogen (secondary N) is 4. The number of fused-ring (bicyclic) bond motifs is 1. The summed E-state index contributed by atoms with van der Waals surface area (Å²) in [6, 6.07) is 5.38. The summed E-state index contributed by atoms with van der Waals surface area (Å²) in [4.78, 5) is 23.3. The molecule has 0 unspecified atom stereocenters. The summed E-state index contributed by atoms with van der Waals surface area (Å²) in [5, 5.41) is 14.8. The summed E-state index contributed by atoms with van der Waals surface area (Å²) in [6.45, 7) is 1.91. The Balaban J connectivity index is 1.66. The van der Waals surface area contributed by atoms with E-state index in [0.717, 1.165) is 23.2 Å². The number of aryl methyl sites for hydroxylation is 1. The van der Waals surface area contributed by atoms with Gasteiger partial charge in [0, 0.05) is 18.3 Å². The maximum atomic E-state index is 11.9. The van der Waals surface area contributed by atoms with Crippen molar-refractivity contribution in [1.29, 1.82) is 0 Å². The molecule has 7 heteroatoms. The second kappa shape index (κ2) is 5.88. The van der Waals surface area contributed by atoms with Gasteiger partial charge in [-0.1, -0.05) is 12.1 Å². The van der Waals surface area contributed by atoms with E-state index in [-0.39, 0.29) is 18.0 Å². The lowest BCUT2D eigenvalue weighted by Crippen LogP contribution is -2.31. The second-order valence-corrected chi connectivity index (χ2v) is 5.27. The largest absolute Gasteiger partial charge is 0.331 e. The number of hydrogen-bond donors (Lipinski definition) is 4. The Morgan fingerprint density at radius 1 is 1.36 bits per heavy atom. The highest BCUT2D eigenvalue weighted by atomic mass is 16.2. The molecule has 3 rings (SSSR count). The molecule has 4 N–H and O–H groups in total. The van der Waals surface area contributed by atoms with E-state index in [2.05, 4.69) is 26.1 Å². The lowest BCUT2D eigenvalue weighted by atomic mass is 9.98. The summed E-state index contributed by atoms with van der Waals surface area (Å²) < 4.78 is 0. The number of carbonyl (C=O) groups is 2. The number of nitrogens with zero attached hydrogens (tertiary/aromatic N) is 1. The number of aromatic amines is 1. The molecule has 0 saturated heterocycles. The number of anilines is 2. The van der Waals surface area contributed by atoms with Gasteiger partial charge in [0.1, 0.15) is 0 Å². The molecule has 0 bridgehead atoms. The molecule has 114 valence electrons. The van der Waals surface area contributed by atoms with Gasteiger partial charge in [0.2, 0.25) is 5.91 Å². The van der Waals surface area contributed by atoms with E-state index in [9.17, 15) is 9.59 Å². The van der Waals surface area contributed by atoms with Crippen molar-refractivity contribution >= 4 is 23.3 Å². The van der Waals surface area contributed by atoms with E-state index in [4.69, 9.17) is 0 Å². The number of rotatable bonds is 3. The molecule has 3 amide bonds. The predicted octanol–water partition coefficient (Wildman–Crippen LogP) is 2.18. The molecule has 1 aliphatic heterocycles. The molecule has 1 aromatic carbocycles. The van der Waals surface area contributed by atoms with Crippen LogP contribution in [0.4, 0.5) is 16.2 Å². The first kappa shape index (κ1) is 14.1. The van der Waals surface area contributed by atoms with Gasteiger partial charge in [0.05, 0.1) is 17.9 Å². The van der Waals surface area contributed by atoms with Crippen molar-refractivity contribution in [3.8, 4) is 0 Å². The fourth-order valence-electron chi connectivity index (χ4n) is 2.44. The van der Waals surface area contributed by atoms with Gasteiger partial charge in [-0.25, -0.2) is 4.79 Å². The Morgan fingerprint density at radius 3 is 3.00 bits per heavy atom. The summed E-state index contributed by atoms with van der Waals surface area (Å²) >= 11 is 0. The molecular formula is C15H17N5O2. The smallest absolute Gasteiger partial charge is 0.319 e. The lowest BCUT2D eigenvalue weighted by Gasteiger charge is -2.20. The normalized spacial score (nSPS) is 14.7. The van der Waals surface area contributed by atoms with Gasteiger partial charge in [-0.2, -0.15) is 5.10 Å². The van der Waals surface area contributed by atoms with Gasteiger partial charge in [0.15, 0.2) is 0 Å². The highest BCUT2D eigenvalue weighted by Gasteiger charge is 2.17. The average molecular weight is 299 g/mol. The number of benzene rings is 1. The Labute approximate surface area is 127 Å². The minimum Gasteiger partial charge on any atom is -0.331 e. The summed E-state index contributed by atoms with van der Waals surface area (Å²) in [7, 11) is 0. The van der Waals surface area contributed by atoms with Gasteiger partial charge in [-0.15, -0.1) is 0 Å². The standard InChI is InChI=1S/C15H17N5O2/c1-9(18-15(22)19-12-7-16-17-8-12)10-2-4-13-11(6-10)3-5-14(21)20-13/h2,4,6-9H,3,5H2,1H3,(H,16,17)(H,20,21)(H2,18,19,22)/t9-/m1/s1. The highest BCUT2D eigenvalue weighted by molar-refractivity contribution is 5.94. The third kappa shape index (κ3) is 3.08. The molecule has 22 heavy (non-hydrogen) atoms. The Bertz CT molecular complexity index is 696. The SMILES string of the molecule is C[C@@H](NC(=O)Nc1cn[nH]c1)c1ccc2c(c1)CCC(=O)N2. The van der Waals surface area contributed by atoms with Gasteiger partial charge in [-0.05, 0) is 30.5 Å². The zero-order valence-electron chi connectivity index (χ0n) is 12.1. The molecule has 1 aliphatic rings. The molecule has 0 radical (unpaired) electrons. The van der Waals surface area contributed by atoms with Crippen molar-refractivity contribution in [2.24, 2.45) is 0 Å². The van der Waals surface area contributed by atoms with Crippen molar-refractivity contribution < 1.29 is 9.59 Å². The molecule has 0 spiro atoms. The van der Waals surface area contributed by atoms with Crippen LogP contribution in [0.5, 0.6) is 0 Å². The van der Waals surface area contributed by atoms with E-state index >= 15 is 0 Å². The fraction of sp³-hybridized carbons (Fsp3) is 0.267. The molecule has 7 nitrogen and oxygen atoms in total. The zero-order chi connectivity index (χ0) is 15.5. The van der Waals surface area contributed by atoms with E-state index in [0.29, 0.717) is 12.1 Å². The van der Waals surface area contributed by atoms with Crippen LogP contribution in [0, 0.1) is 0 Å². The Kier molecular flexibility index (Phi) is 3.78. The average Bonchev–Trinajstić information content (AvgIpc) is 2.99. The number of H-pyrrole nitrogens is 1. The lowest BCUT2D eigenvalue weighted by molar-refractivity contribution is -0.116. The van der Waals surface area contributed by atoms with Gasteiger partial charge in [0.25, 0.3) is 0 Å². The molecular weight excluding hydrogens is 282 g/mol. The number of aromatic nitrogens is 2. The first-order chi connectivity index (χ1) is 10.6. The topological polar surface area (TPSA) is 98.9 Å². The maximum Gasteiger partial charge on any atom is 0.319 e.